The number of halogens is 2. The Morgan fingerprint density at radius 3 is 2.52 bits per heavy atom. The Labute approximate surface area is 184 Å². The van der Waals surface area contributed by atoms with Crippen molar-refractivity contribution < 1.29 is 14.4 Å². The van der Waals surface area contributed by atoms with E-state index in [1.807, 2.05) is 13.8 Å². The van der Waals surface area contributed by atoms with Crippen LogP contribution in [0.4, 0.5) is 5.69 Å². The SMILES string of the molecule is CC(C)C[C@H](N)C(=O)NCC(=O)Nc1ccccc1C(=O)c1cc(Br)ccn1.Cl. The number of nitrogens with zero attached hydrogens (tertiary/aromatic N) is 1. The number of amides is 2. The number of carbonyl (C=O) groups is 3. The minimum Gasteiger partial charge on any atom is -0.346 e. The average Bonchev–Trinajstić information content (AvgIpc) is 2.65. The van der Waals surface area contributed by atoms with Crippen molar-refractivity contribution in [2.24, 2.45) is 11.7 Å². The molecule has 1 aromatic heterocycles. The van der Waals surface area contributed by atoms with Crippen LogP contribution in [0.25, 0.3) is 0 Å². The number of aromatic nitrogens is 1. The molecule has 0 aliphatic carbocycles. The van der Waals surface area contributed by atoms with Gasteiger partial charge in [0.1, 0.15) is 5.69 Å². The molecule has 0 fully saturated rings. The third-order valence-electron chi connectivity index (χ3n) is 3.89. The highest BCUT2D eigenvalue weighted by molar-refractivity contribution is 9.10. The van der Waals surface area contributed by atoms with Crippen LogP contribution in [0, 0.1) is 5.92 Å². The molecule has 2 aromatic rings. The van der Waals surface area contributed by atoms with Crippen molar-refractivity contribution in [1.82, 2.24) is 10.3 Å². The smallest absolute Gasteiger partial charge is 0.243 e. The molecule has 0 spiro atoms. The first-order chi connectivity index (χ1) is 13.3. The zero-order chi connectivity index (χ0) is 20.7. The minimum atomic E-state index is -0.663. The van der Waals surface area contributed by atoms with E-state index in [4.69, 9.17) is 5.73 Å². The van der Waals surface area contributed by atoms with E-state index < -0.39 is 11.9 Å². The summed E-state index contributed by atoms with van der Waals surface area (Å²) in [5.74, 6) is -0.876. The Balaban J connectivity index is 0.00000420. The first kappa shape index (κ1) is 24.7. The van der Waals surface area contributed by atoms with Crippen LogP contribution in [-0.2, 0) is 9.59 Å². The maximum absolute atomic E-state index is 12.7. The fourth-order valence-electron chi connectivity index (χ4n) is 2.56. The summed E-state index contributed by atoms with van der Waals surface area (Å²) >= 11 is 3.31. The Kier molecular flexibility index (Phi) is 9.94. The van der Waals surface area contributed by atoms with Crippen LogP contribution < -0.4 is 16.4 Å². The Hall–Kier alpha value is -2.29. The Morgan fingerprint density at radius 2 is 1.86 bits per heavy atom. The van der Waals surface area contributed by atoms with Gasteiger partial charge in [-0.15, -0.1) is 12.4 Å². The molecule has 156 valence electrons. The summed E-state index contributed by atoms with van der Waals surface area (Å²) in [5.41, 5.74) is 6.71. The standard InChI is InChI=1S/C20H23BrN4O3.ClH/c1-12(2)9-15(22)20(28)24-11-18(26)25-16-6-4-3-5-14(16)19(27)17-10-13(21)7-8-23-17;/h3-8,10,12,15H,9,11,22H2,1-2H3,(H,24,28)(H,25,26);1H/t15-;/m0./s1. The van der Waals surface area contributed by atoms with Crippen molar-refractivity contribution in [2.75, 3.05) is 11.9 Å². The summed E-state index contributed by atoms with van der Waals surface area (Å²) in [6.45, 7) is 3.70. The predicted octanol–water partition coefficient (Wildman–Crippen LogP) is 2.93. The van der Waals surface area contributed by atoms with Crippen LogP contribution in [0.15, 0.2) is 47.1 Å². The van der Waals surface area contributed by atoms with Crippen LogP contribution in [0.3, 0.4) is 0 Å². The number of para-hydroxylation sites is 1. The Bertz CT molecular complexity index is 876. The number of hydrogen-bond acceptors (Lipinski definition) is 5. The number of nitrogens with two attached hydrogens (primary N) is 1. The molecule has 7 nitrogen and oxygen atoms in total. The third kappa shape index (κ3) is 7.56. The van der Waals surface area contributed by atoms with E-state index in [0.29, 0.717) is 17.7 Å². The second-order valence-electron chi connectivity index (χ2n) is 6.74. The van der Waals surface area contributed by atoms with Crippen LogP contribution in [0.2, 0.25) is 0 Å². The summed E-state index contributed by atoms with van der Waals surface area (Å²) in [5, 5.41) is 5.17. The van der Waals surface area contributed by atoms with Gasteiger partial charge in [-0.25, -0.2) is 0 Å². The first-order valence-electron chi connectivity index (χ1n) is 8.86. The molecule has 0 saturated heterocycles. The number of hydrogen-bond donors (Lipinski definition) is 3. The molecule has 0 saturated carbocycles. The van der Waals surface area contributed by atoms with E-state index in [9.17, 15) is 14.4 Å². The monoisotopic (exact) mass is 482 g/mol. The van der Waals surface area contributed by atoms with E-state index in [1.165, 1.54) is 6.20 Å². The maximum atomic E-state index is 12.7. The molecule has 4 N–H and O–H groups in total. The number of carbonyl (C=O) groups excluding carboxylic acids is 3. The molecule has 9 heteroatoms. The molecule has 0 unspecified atom stereocenters. The van der Waals surface area contributed by atoms with E-state index in [1.54, 1.807) is 36.4 Å². The number of nitrogens with one attached hydrogen (secondary N) is 2. The van der Waals surface area contributed by atoms with Gasteiger partial charge in [0, 0.05) is 16.2 Å². The molecule has 29 heavy (non-hydrogen) atoms. The van der Waals surface area contributed by atoms with Crippen LogP contribution in [0.5, 0.6) is 0 Å². The third-order valence-corrected chi connectivity index (χ3v) is 4.38. The maximum Gasteiger partial charge on any atom is 0.243 e. The molecular weight excluding hydrogens is 460 g/mol. The highest BCUT2D eigenvalue weighted by Crippen LogP contribution is 2.20. The second-order valence-corrected chi connectivity index (χ2v) is 7.65. The molecule has 0 bridgehead atoms. The summed E-state index contributed by atoms with van der Waals surface area (Å²) in [4.78, 5) is 41.0. The highest BCUT2D eigenvalue weighted by Gasteiger charge is 2.18. The van der Waals surface area contributed by atoms with E-state index >= 15 is 0 Å². The normalized spacial score (nSPS) is 11.3. The summed E-state index contributed by atoms with van der Waals surface area (Å²) in [7, 11) is 0. The molecule has 1 aromatic carbocycles. The molecule has 0 radical (unpaired) electrons. The number of ketones is 1. The Morgan fingerprint density at radius 1 is 1.17 bits per heavy atom. The van der Waals surface area contributed by atoms with E-state index in [2.05, 4.69) is 31.5 Å². The van der Waals surface area contributed by atoms with Crippen LogP contribution >= 0.6 is 28.3 Å². The van der Waals surface area contributed by atoms with Gasteiger partial charge < -0.3 is 16.4 Å². The molecular formula is C20H24BrClN4O3. The second kappa shape index (κ2) is 11.6. The molecule has 0 aliphatic heterocycles. The van der Waals surface area contributed by atoms with Crippen molar-refractivity contribution in [2.45, 2.75) is 26.3 Å². The van der Waals surface area contributed by atoms with Gasteiger partial charge in [0.05, 0.1) is 18.3 Å². The minimum absolute atomic E-state index is 0. The molecule has 1 atom stereocenters. The van der Waals surface area contributed by atoms with Crippen molar-refractivity contribution >= 4 is 51.6 Å². The average molecular weight is 484 g/mol. The highest BCUT2D eigenvalue weighted by atomic mass is 79.9. The zero-order valence-corrected chi connectivity index (χ0v) is 18.5. The largest absolute Gasteiger partial charge is 0.346 e. The summed E-state index contributed by atoms with van der Waals surface area (Å²) in [6, 6.07) is 9.30. The van der Waals surface area contributed by atoms with Gasteiger partial charge in [-0.1, -0.05) is 41.9 Å². The first-order valence-corrected chi connectivity index (χ1v) is 9.65. The summed E-state index contributed by atoms with van der Waals surface area (Å²) < 4.78 is 0.729. The van der Waals surface area contributed by atoms with Gasteiger partial charge in [0.2, 0.25) is 17.6 Å². The topological polar surface area (TPSA) is 114 Å². The zero-order valence-electron chi connectivity index (χ0n) is 16.1. The van der Waals surface area contributed by atoms with Crippen molar-refractivity contribution in [3.63, 3.8) is 0 Å². The van der Waals surface area contributed by atoms with Crippen LogP contribution in [-0.4, -0.2) is 35.2 Å². The number of rotatable bonds is 8. The molecule has 2 amide bonds. The number of benzene rings is 1. The van der Waals surface area contributed by atoms with Gasteiger partial charge in [0.15, 0.2) is 0 Å². The van der Waals surface area contributed by atoms with Crippen LogP contribution in [0.1, 0.15) is 36.3 Å². The molecule has 0 aliphatic rings. The molecule has 2 rings (SSSR count). The number of anilines is 1. The molecule has 1 heterocycles. The lowest BCUT2D eigenvalue weighted by Crippen LogP contribution is -2.44. The lowest BCUT2D eigenvalue weighted by atomic mass is 10.0. The van der Waals surface area contributed by atoms with E-state index in [-0.39, 0.29) is 42.3 Å². The van der Waals surface area contributed by atoms with Gasteiger partial charge in [-0.05, 0) is 36.6 Å². The van der Waals surface area contributed by atoms with Gasteiger partial charge in [-0.2, -0.15) is 0 Å². The summed E-state index contributed by atoms with van der Waals surface area (Å²) in [6.07, 6.45) is 2.05. The lowest BCUT2D eigenvalue weighted by molar-refractivity contribution is -0.125. The fourth-order valence-corrected chi connectivity index (χ4v) is 2.90. The fraction of sp³-hybridized carbons (Fsp3) is 0.300. The van der Waals surface area contributed by atoms with Crippen molar-refractivity contribution in [3.8, 4) is 0 Å². The van der Waals surface area contributed by atoms with Crippen molar-refractivity contribution in [3.05, 3.63) is 58.3 Å². The van der Waals surface area contributed by atoms with Gasteiger partial charge in [0.25, 0.3) is 0 Å². The van der Waals surface area contributed by atoms with E-state index in [0.717, 1.165) is 4.47 Å². The number of pyridine rings is 1. The van der Waals surface area contributed by atoms with Crippen molar-refractivity contribution in [1.29, 1.82) is 0 Å². The quantitative estimate of drug-likeness (QED) is 0.500. The van der Waals surface area contributed by atoms with Gasteiger partial charge >= 0.3 is 0 Å². The predicted molar refractivity (Wildman–Crippen MR) is 118 cm³/mol. The van der Waals surface area contributed by atoms with Gasteiger partial charge in [-0.3, -0.25) is 19.4 Å². The lowest BCUT2D eigenvalue weighted by Gasteiger charge is -2.14.